The van der Waals surface area contributed by atoms with Gasteiger partial charge in [-0.15, -0.1) is 0 Å². The van der Waals surface area contributed by atoms with Gasteiger partial charge in [-0.2, -0.15) is 4.98 Å². The number of ether oxygens (including phenoxy) is 2. The Balaban J connectivity index is 2.47. The minimum absolute atomic E-state index is 0.274. The van der Waals surface area contributed by atoms with E-state index in [0.29, 0.717) is 18.4 Å². The lowest BCUT2D eigenvalue weighted by molar-refractivity contribution is 0.191. The highest BCUT2D eigenvalue weighted by Crippen LogP contribution is 2.10. The van der Waals surface area contributed by atoms with E-state index >= 15 is 0 Å². The number of aromatic nitrogens is 2. The standard InChI is InChI=1S/C12H21N3O2/c1-4-8-17-11-5-7-13-12(15-11)14-10(2)6-9-16-3/h5,7,10H,4,6,8-9H2,1-3H3,(H,13,14,15). The third kappa shape index (κ3) is 5.49. The molecule has 0 radical (unpaired) electrons. The first-order valence-corrected chi connectivity index (χ1v) is 5.97. The maximum atomic E-state index is 5.44. The summed E-state index contributed by atoms with van der Waals surface area (Å²) < 4.78 is 10.5. The van der Waals surface area contributed by atoms with Crippen molar-refractivity contribution < 1.29 is 9.47 Å². The lowest BCUT2D eigenvalue weighted by Crippen LogP contribution is -2.19. The molecule has 96 valence electrons. The molecule has 0 aromatic carbocycles. The zero-order valence-corrected chi connectivity index (χ0v) is 10.8. The highest BCUT2D eigenvalue weighted by molar-refractivity contribution is 5.28. The predicted octanol–water partition coefficient (Wildman–Crippen LogP) is 2.10. The summed E-state index contributed by atoms with van der Waals surface area (Å²) in [7, 11) is 1.70. The highest BCUT2D eigenvalue weighted by atomic mass is 16.5. The van der Waals surface area contributed by atoms with E-state index in [-0.39, 0.29) is 6.04 Å². The van der Waals surface area contributed by atoms with Gasteiger partial charge in [-0.1, -0.05) is 6.92 Å². The second-order valence-corrected chi connectivity index (χ2v) is 3.89. The molecule has 1 heterocycles. The third-order valence-electron chi connectivity index (χ3n) is 2.21. The van der Waals surface area contributed by atoms with Crippen LogP contribution in [0.2, 0.25) is 0 Å². The summed E-state index contributed by atoms with van der Waals surface area (Å²) in [4.78, 5) is 8.43. The van der Waals surface area contributed by atoms with E-state index in [2.05, 4.69) is 29.1 Å². The Kier molecular flexibility index (Phi) is 6.32. The number of methoxy groups -OCH3 is 1. The summed E-state index contributed by atoms with van der Waals surface area (Å²) in [5.74, 6) is 1.21. The number of hydrogen-bond acceptors (Lipinski definition) is 5. The van der Waals surface area contributed by atoms with Crippen LogP contribution in [-0.2, 0) is 4.74 Å². The van der Waals surface area contributed by atoms with Crippen molar-refractivity contribution in [2.45, 2.75) is 32.7 Å². The molecule has 5 nitrogen and oxygen atoms in total. The van der Waals surface area contributed by atoms with Gasteiger partial charge >= 0.3 is 0 Å². The van der Waals surface area contributed by atoms with Crippen molar-refractivity contribution in [3.05, 3.63) is 12.3 Å². The molecule has 1 atom stereocenters. The van der Waals surface area contributed by atoms with Gasteiger partial charge in [-0.3, -0.25) is 0 Å². The number of nitrogens with zero attached hydrogens (tertiary/aromatic N) is 2. The van der Waals surface area contributed by atoms with E-state index in [1.54, 1.807) is 19.4 Å². The second kappa shape index (κ2) is 7.84. The van der Waals surface area contributed by atoms with Crippen molar-refractivity contribution in [1.82, 2.24) is 9.97 Å². The molecule has 0 aliphatic carbocycles. The largest absolute Gasteiger partial charge is 0.478 e. The van der Waals surface area contributed by atoms with Crippen LogP contribution in [-0.4, -0.2) is 36.3 Å². The van der Waals surface area contributed by atoms with Crippen LogP contribution < -0.4 is 10.1 Å². The molecule has 1 aromatic heterocycles. The van der Waals surface area contributed by atoms with Crippen LogP contribution in [0.4, 0.5) is 5.95 Å². The Bertz CT molecular complexity index is 320. The van der Waals surface area contributed by atoms with Gasteiger partial charge in [0.15, 0.2) is 0 Å². The molecule has 0 fully saturated rings. The molecule has 0 saturated carbocycles. The highest BCUT2D eigenvalue weighted by Gasteiger charge is 2.05. The summed E-state index contributed by atoms with van der Waals surface area (Å²) in [6.45, 7) is 5.53. The third-order valence-corrected chi connectivity index (χ3v) is 2.21. The number of nitrogens with one attached hydrogen (secondary N) is 1. The van der Waals surface area contributed by atoms with Crippen molar-refractivity contribution in [3.8, 4) is 5.88 Å². The minimum Gasteiger partial charge on any atom is -0.478 e. The first-order chi connectivity index (χ1) is 8.26. The van der Waals surface area contributed by atoms with Crippen LogP contribution in [0, 0.1) is 0 Å². The zero-order chi connectivity index (χ0) is 12.5. The van der Waals surface area contributed by atoms with E-state index in [1.165, 1.54) is 0 Å². The molecule has 0 amide bonds. The van der Waals surface area contributed by atoms with Crippen LogP contribution in [0.5, 0.6) is 5.88 Å². The van der Waals surface area contributed by atoms with Gasteiger partial charge < -0.3 is 14.8 Å². The molecular weight excluding hydrogens is 218 g/mol. The lowest BCUT2D eigenvalue weighted by atomic mass is 10.2. The van der Waals surface area contributed by atoms with Crippen molar-refractivity contribution >= 4 is 5.95 Å². The molecule has 0 bridgehead atoms. The summed E-state index contributed by atoms with van der Waals surface area (Å²) in [5, 5.41) is 3.21. The Morgan fingerprint density at radius 1 is 1.41 bits per heavy atom. The molecule has 1 rings (SSSR count). The van der Waals surface area contributed by atoms with Crippen LogP contribution in [0.3, 0.4) is 0 Å². The van der Waals surface area contributed by atoms with Gasteiger partial charge in [0, 0.05) is 32.0 Å². The van der Waals surface area contributed by atoms with Crippen molar-refractivity contribution in [2.75, 3.05) is 25.6 Å². The lowest BCUT2D eigenvalue weighted by Gasteiger charge is -2.13. The fourth-order valence-corrected chi connectivity index (χ4v) is 1.29. The maximum Gasteiger partial charge on any atom is 0.226 e. The average molecular weight is 239 g/mol. The van der Waals surface area contributed by atoms with Crippen LogP contribution in [0.1, 0.15) is 26.7 Å². The molecule has 0 saturated heterocycles. The smallest absolute Gasteiger partial charge is 0.226 e. The van der Waals surface area contributed by atoms with Gasteiger partial charge in [-0.05, 0) is 19.8 Å². The molecule has 5 heteroatoms. The SMILES string of the molecule is CCCOc1ccnc(NC(C)CCOC)n1. The summed E-state index contributed by atoms with van der Waals surface area (Å²) in [5.41, 5.74) is 0. The Morgan fingerprint density at radius 3 is 2.94 bits per heavy atom. The summed E-state index contributed by atoms with van der Waals surface area (Å²) >= 11 is 0. The summed E-state index contributed by atoms with van der Waals surface area (Å²) in [6, 6.07) is 2.04. The fraction of sp³-hybridized carbons (Fsp3) is 0.667. The number of rotatable bonds is 8. The number of hydrogen-bond donors (Lipinski definition) is 1. The molecule has 0 aliphatic heterocycles. The van der Waals surface area contributed by atoms with Gasteiger partial charge in [0.1, 0.15) is 0 Å². The van der Waals surface area contributed by atoms with E-state index in [0.717, 1.165) is 19.4 Å². The predicted molar refractivity (Wildman–Crippen MR) is 67.4 cm³/mol. The van der Waals surface area contributed by atoms with E-state index in [1.807, 2.05) is 0 Å². The molecule has 1 aromatic rings. The van der Waals surface area contributed by atoms with Crippen molar-refractivity contribution in [1.29, 1.82) is 0 Å². The van der Waals surface area contributed by atoms with Crippen LogP contribution in [0.15, 0.2) is 12.3 Å². The van der Waals surface area contributed by atoms with E-state index in [4.69, 9.17) is 9.47 Å². The average Bonchev–Trinajstić information content (AvgIpc) is 2.34. The molecule has 1 N–H and O–H groups in total. The minimum atomic E-state index is 0.274. The first-order valence-electron chi connectivity index (χ1n) is 5.97. The quantitative estimate of drug-likeness (QED) is 0.753. The van der Waals surface area contributed by atoms with Gasteiger partial charge in [-0.25, -0.2) is 4.98 Å². The van der Waals surface area contributed by atoms with Crippen molar-refractivity contribution in [3.63, 3.8) is 0 Å². The zero-order valence-electron chi connectivity index (χ0n) is 10.8. The van der Waals surface area contributed by atoms with Crippen LogP contribution in [0.25, 0.3) is 0 Å². The van der Waals surface area contributed by atoms with Gasteiger partial charge in [0.25, 0.3) is 0 Å². The Hall–Kier alpha value is -1.36. The van der Waals surface area contributed by atoms with Gasteiger partial charge in [0.05, 0.1) is 6.61 Å². The second-order valence-electron chi connectivity index (χ2n) is 3.89. The molecule has 1 unspecified atom stereocenters. The number of anilines is 1. The molecule has 0 aliphatic rings. The molecule has 0 spiro atoms. The Labute approximate surface area is 103 Å². The van der Waals surface area contributed by atoms with Crippen molar-refractivity contribution in [2.24, 2.45) is 0 Å². The molecule has 17 heavy (non-hydrogen) atoms. The Morgan fingerprint density at radius 2 is 2.24 bits per heavy atom. The fourth-order valence-electron chi connectivity index (χ4n) is 1.29. The monoisotopic (exact) mass is 239 g/mol. The normalized spacial score (nSPS) is 12.2. The maximum absolute atomic E-state index is 5.44. The van der Waals surface area contributed by atoms with E-state index < -0.39 is 0 Å². The van der Waals surface area contributed by atoms with Gasteiger partial charge in [0.2, 0.25) is 11.8 Å². The summed E-state index contributed by atoms with van der Waals surface area (Å²) in [6.07, 6.45) is 3.58. The van der Waals surface area contributed by atoms with Crippen LogP contribution >= 0.6 is 0 Å². The van der Waals surface area contributed by atoms with E-state index in [9.17, 15) is 0 Å². The topological polar surface area (TPSA) is 56.3 Å². The molecular formula is C12H21N3O2. The first kappa shape index (κ1) is 13.7.